The molecule has 1 saturated carbocycles. The number of benzene rings is 1. The van der Waals surface area contributed by atoms with Crippen LogP contribution in [0.5, 0.6) is 0 Å². The molecule has 0 bridgehead atoms. The number of ether oxygens (including phenoxy) is 1. The first-order valence-corrected chi connectivity index (χ1v) is 12.3. The molecule has 180 valence electrons. The van der Waals surface area contributed by atoms with Crippen molar-refractivity contribution in [1.29, 1.82) is 0 Å². The van der Waals surface area contributed by atoms with Gasteiger partial charge in [0.2, 0.25) is 21.8 Å². The first-order valence-electron chi connectivity index (χ1n) is 10.5. The number of nitrogens with zero attached hydrogens (tertiary/aromatic N) is 2. The van der Waals surface area contributed by atoms with Gasteiger partial charge in [0.25, 0.3) is 5.91 Å². The van der Waals surface area contributed by atoms with E-state index in [0.29, 0.717) is 12.8 Å². The standard InChI is InChI=1S/C21H26ClN3O7S/c1-12(25-19(27)14-6-4-5-7-15(14)20(25)28)21(29)32-11-18(26)23-13-8-9-16(22)17(10-13)33(30,31)24(2)3/h8-10,12,14-15H,4-7,11H2,1-3H3,(H,23,26). The molecule has 0 spiro atoms. The highest BCUT2D eigenvalue weighted by molar-refractivity contribution is 7.89. The highest BCUT2D eigenvalue weighted by Gasteiger charge is 2.51. The fourth-order valence-corrected chi connectivity index (χ4v) is 5.50. The number of hydrogen-bond donors (Lipinski definition) is 1. The second-order valence-electron chi connectivity index (χ2n) is 8.31. The third-order valence-corrected chi connectivity index (χ3v) is 8.22. The second-order valence-corrected chi connectivity index (χ2v) is 10.8. The Labute approximate surface area is 197 Å². The number of nitrogens with one attached hydrogen (secondary N) is 1. The Balaban J connectivity index is 1.60. The number of hydrogen-bond acceptors (Lipinski definition) is 7. The summed E-state index contributed by atoms with van der Waals surface area (Å²) in [7, 11) is -1.14. The predicted molar refractivity (Wildman–Crippen MR) is 119 cm³/mol. The quantitative estimate of drug-likeness (QED) is 0.445. The summed E-state index contributed by atoms with van der Waals surface area (Å²) in [5, 5.41) is 2.43. The van der Waals surface area contributed by atoms with E-state index in [1.165, 1.54) is 39.2 Å². The van der Waals surface area contributed by atoms with Gasteiger partial charge in [-0.05, 0) is 38.0 Å². The zero-order valence-electron chi connectivity index (χ0n) is 18.5. The van der Waals surface area contributed by atoms with E-state index >= 15 is 0 Å². The number of imide groups is 1. The summed E-state index contributed by atoms with van der Waals surface area (Å²) in [6, 6.07) is 2.79. The molecule has 3 rings (SSSR count). The van der Waals surface area contributed by atoms with Crippen molar-refractivity contribution in [2.75, 3.05) is 26.0 Å². The smallest absolute Gasteiger partial charge is 0.329 e. The molecule has 0 aromatic heterocycles. The number of fused-ring (bicyclic) bond motifs is 1. The Bertz CT molecular complexity index is 1070. The van der Waals surface area contributed by atoms with E-state index in [-0.39, 0.29) is 39.3 Å². The van der Waals surface area contributed by atoms with Crippen molar-refractivity contribution in [3.63, 3.8) is 0 Å². The van der Waals surface area contributed by atoms with E-state index in [2.05, 4.69) is 5.32 Å². The second kappa shape index (κ2) is 9.78. The molecule has 2 fully saturated rings. The van der Waals surface area contributed by atoms with Gasteiger partial charge in [0.1, 0.15) is 10.9 Å². The number of anilines is 1. The number of esters is 1. The van der Waals surface area contributed by atoms with Gasteiger partial charge in [-0.15, -0.1) is 0 Å². The largest absolute Gasteiger partial charge is 0.454 e. The minimum absolute atomic E-state index is 0.0116. The lowest BCUT2D eigenvalue weighted by atomic mass is 9.81. The molecule has 12 heteroatoms. The lowest BCUT2D eigenvalue weighted by Crippen LogP contribution is -2.45. The van der Waals surface area contributed by atoms with Gasteiger partial charge in [-0.1, -0.05) is 24.4 Å². The summed E-state index contributed by atoms with van der Waals surface area (Å²) < 4.78 is 30.7. The van der Waals surface area contributed by atoms with Crippen LogP contribution >= 0.6 is 11.6 Å². The molecule has 3 unspecified atom stereocenters. The lowest BCUT2D eigenvalue weighted by molar-refractivity contribution is -0.159. The Hall–Kier alpha value is -2.50. The fraction of sp³-hybridized carbons (Fsp3) is 0.524. The molecule has 2 aliphatic rings. The summed E-state index contributed by atoms with van der Waals surface area (Å²) in [6.45, 7) is 0.718. The monoisotopic (exact) mass is 499 g/mol. The van der Waals surface area contributed by atoms with Crippen molar-refractivity contribution in [2.24, 2.45) is 11.8 Å². The van der Waals surface area contributed by atoms with Crippen molar-refractivity contribution >= 4 is 51.0 Å². The first-order chi connectivity index (χ1) is 15.4. The van der Waals surface area contributed by atoms with Crippen molar-refractivity contribution in [2.45, 2.75) is 43.5 Å². The number of carbonyl (C=O) groups excluding carboxylic acids is 4. The summed E-state index contributed by atoms with van der Waals surface area (Å²) in [5.41, 5.74) is 0.142. The summed E-state index contributed by atoms with van der Waals surface area (Å²) in [6.07, 6.45) is 3.00. The minimum Gasteiger partial charge on any atom is -0.454 e. The van der Waals surface area contributed by atoms with Crippen LogP contribution in [0.15, 0.2) is 23.1 Å². The number of likely N-dealkylation sites (tertiary alicyclic amines) is 1. The van der Waals surface area contributed by atoms with Crippen molar-refractivity contribution in [3.05, 3.63) is 23.2 Å². The Kier molecular flexibility index (Phi) is 7.45. The van der Waals surface area contributed by atoms with Crippen LogP contribution < -0.4 is 5.32 Å². The summed E-state index contributed by atoms with van der Waals surface area (Å²) >= 11 is 5.98. The topological polar surface area (TPSA) is 130 Å². The van der Waals surface area contributed by atoms with Crippen LogP contribution in [-0.4, -0.2) is 68.1 Å². The molecule has 0 radical (unpaired) electrons. The van der Waals surface area contributed by atoms with E-state index in [1.54, 1.807) is 0 Å². The van der Waals surface area contributed by atoms with Gasteiger partial charge in [-0.2, -0.15) is 0 Å². The van der Waals surface area contributed by atoms with Gasteiger partial charge in [-0.25, -0.2) is 17.5 Å². The Morgan fingerprint density at radius 1 is 1.18 bits per heavy atom. The zero-order chi connectivity index (χ0) is 24.5. The maximum absolute atomic E-state index is 12.6. The fourth-order valence-electron chi connectivity index (χ4n) is 4.10. The van der Waals surface area contributed by atoms with Crippen LogP contribution in [0.25, 0.3) is 0 Å². The van der Waals surface area contributed by atoms with Gasteiger partial charge in [0.05, 0.1) is 16.9 Å². The van der Waals surface area contributed by atoms with E-state index in [0.717, 1.165) is 22.0 Å². The number of rotatable bonds is 7. The van der Waals surface area contributed by atoms with Crippen molar-refractivity contribution < 1.29 is 32.3 Å². The van der Waals surface area contributed by atoms with Crippen LogP contribution in [-0.2, 0) is 33.9 Å². The molecule has 1 aliphatic heterocycles. The van der Waals surface area contributed by atoms with E-state index in [1.807, 2.05) is 0 Å². The van der Waals surface area contributed by atoms with E-state index in [9.17, 15) is 27.6 Å². The number of carbonyl (C=O) groups is 4. The maximum Gasteiger partial charge on any atom is 0.329 e. The van der Waals surface area contributed by atoms with E-state index < -0.39 is 34.5 Å². The van der Waals surface area contributed by atoms with Crippen LogP contribution in [0, 0.1) is 11.8 Å². The molecule has 3 atom stereocenters. The van der Waals surface area contributed by atoms with Gasteiger partial charge in [-0.3, -0.25) is 19.3 Å². The molecule has 1 saturated heterocycles. The lowest BCUT2D eigenvalue weighted by Gasteiger charge is -2.21. The first kappa shape index (κ1) is 25.1. The van der Waals surface area contributed by atoms with Crippen molar-refractivity contribution in [1.82, 2.24) is 9.21 Å². The van der Waals surface area contributed by atoms with Gasteiger partial charge < -0.3 is 10.1 Å². The normalized spacial score (nSPS) is 21.7. The Morgan fingerprint density at radius 3 is 2.30 bits per heavy atom. The minimum atomic E-state index is -3.84. The highest BCUT2D eigenvalue weighted by atomic mass is 35.5. The van der Waals surface area contributed by atoms with Crippen LogP contribution in [0.1, 0.15) is 32.6 Å². The van der Waals surface area contributed by atoms with Gasteiger partial charge >= 0.3 is 5.97 Å². The van der Waals surface area contributed by atoms with E-state index in [4.69, 9.17) is 16.3 Å². The highest BCUT2D eigenvalue weighted by Crippen LogP contribution is 2.39. The molecule has 33 heavy (non-hydrogen) atoms. The molecule has 3 amide bonds. The summed E-state index contributed by atoms with van der Waals surface area (Å²) in [4.78, 5) is 50.7. The SMILES string of the molecule is CC(C(=O)OCC(=O)Nc1ccc(Cl)c(S(=O)(=O)N(C)C)c1)N1C(=O)C2CCCCC2C1=O. The predicted octanol–water partition coefficient (Wildman–Crippen LogP) is 1.64. The van der Waals surface area contributed by atoms with Crippen LogP contribution in [0.3, 0.4) is 0 Å². The molecule has 1 aliphatic carbocycles. The number of amides is 3. The van der Waals surface area contributed by atoms with Crippen molar-refractivity contribution in [3.8, 4) is 0 Å². The third-order valence-electron chi connectivity index (χ3n) is 5.92. The molecule has 10 nitrogen and oxygen atoms in total. The van der Waals surface area contributed by atoms with Crippen LogP contribution in [0.2, 0.25) is 5.02 Å². The molecule has 1 N–H and O–H groups in total. The summed E-state index contributed by atoms with van der Waals surface area (Å²) in [5.74, 6) is -3.11. The zero-order valence-corrected chi connectivity index (χ0v) is 20.1. The van der Waals surface area contributed by atoms with Gasteiger partial charge in [0.15, 0.2) is 6.61 Å². The average molecular weight is 500 g/mol. The average Bonchev–Trinajstić information content (AvgIpc) is 3.03. The number of sulfonamides is 1. The molecular formula is C21H26ClN3O7S. The van der Waals surface area contributed by atoms with Crippen LogP contribution in [0.4, 0.5) is 5.69 Å². The molecule has 1 heterocycles. The third kappa shape index (κ3) is 5.04. The number of halogens is 1. The maximum atomic E-state index is 12.6. The molecule has 1 aromatic rings. The molecule has 1 aromatic carbocycles. The Morgan fingerprint density at radius 2 is 1.76 bits per heavy atom. The van der Waals surface area contributed by atoms with Gasteiger partial charge in [0, 0.05) is 19.8 Å². The molecular weight excluding hydrogens is 474 g/mol.